The van der Waals surface area contributed by atoms with Gasteiger partial charge in [-0.05, 0) is 6.42 Å². The molecule has 2 aromatic heterocycles. The quantitative estimate of drug-likeness (QED) is 0.895. The van der Waals surface area contributed by atoms with E-state index in [1.54, 1.807) is 22.2 Å². The number of aryl methyl sites for hydroxylation is 2. The fourth-order valence-corrected chi connectivity index (χ4v) is 3.30. The summed E-state index contributed by atoms with van der Waals surface area (Å²) >= 11 is 1.55. The SMILES string of the molecule is CCc1nn(C)cc1C(=O)Nc1nc2c(s1)CNCC2. The molecule has 1 aliphatic rings. The predicted molar refractivity (Wildman–Crippen MR) is 78.1 cm³/mol. The molecule has 0 atom stereocenters. The number of hydrogen-bond acceptors (Lipinski definition) is 5. The summed E-state index contributed by atoms with van der Waals surface area (Å²) in [5.74, 6) is -0.131. The van der Waals surface area contributed by atoms with Crippen molar-refractivity contribution in [2.75, 3.05) is 11.9 Å². The molecule has 106 valence electrons. The van der Waals surface area contributed by atoms with Crippen molar-refractivity contribution in [3.05, 3.63) is 28.0 Å². The van der Waals surface area contributed by atoms with Crippen molar-refractivity contribution in [1.29, 1.82) is 0 Å². The van der Waals surface area contributed by atoms with E-state index >= 15 is 0 Å². The number of nitrogens with zero attached hydrogens (tertiary/aromatic N) is 3. The second-order valence-electron chi connectivity index (χ2n) is 4.79. The monoisotopic (exact) mass is 291 g/mol. The standard InChI is InChI=1S/C13H17N5OS/c1-3-9-8(7-18(2)17-9)12(19)16-13-15-10-4-5-14-6-11(10)20-13/h7,14H,3-6H2,1-2H3,(H,15,16,19). The van der Waals surface area contributed by atoms with Gasteiger partial charge in [0.15, 0.2) is 5.13 Å². The van der Waals surface area contributed by atoms with Crippen molar-refractivity contribution in [1.82, 2.24) is 20.1 Å². The second-order valence-corrected chi connectivity index (χ2v) is 5.87. The summed E-state index contributed by atoms with van der Waals surface area (Å²) in [7, 11) is 1.82. The maximum Gasteiger partial charge on any atom is 0.260 e. The Bertz CT molecular complexity index is 622. The van der Waals surface area contributed by atoms with Gasteiger partial charge in [-0.1, -0.05) is 6.92 Å². The maximum absolute atomic E-state index is 12.3. The number of carbonyl (C=O) groups excluding carboxylic acids is 1. The van der Waals surface area contributed by atoms with Gasteiger partial charge in [0.05, 0.1) is 17.0 Å². The van der Waals surface area contributed by atoms with Crippen LogP contribution in [0.25, 0.3) is 0 Å². The number of nitrogens with one attached hydrogen (secondary N) is 2. The molecular weight excluding hydrogens is 274 g/mol. The Kier molecular flexibility index (Phi) is 3.54. The number of hydrogen-bond donors (Lipinski definition) is 2. The molecule has 0 unspecified atom stereocenters. The molecule has 7 heteroatoms. The van der Waals surface area contributed by atoms with Crippen LogP contribution in [0.4, 0.5) is 5.13 Å². The van der Waals surface area contributed by atoms with E-state index < -0.39 is 0 Å². The van der Waals surface area contributed by atoms with Crippen LogP contribution in [-0.4, -0.2) is 27.2 Å². The number of carbonyl (C=O) groups is 1. The van der Waals surface area contributed by atoms with Gasteiger partial charge in [0.25, 0.3) is 5.91 Å². The molecule has 1 aliphatic heterocycles. The summed E-state index contributed by atoms with van der Waals surface area (Å²) in [6, 6.07) is 0. The lowest BCUT2D eigenvalue weighted by Gasteiger charge is -2.09. The van der Waals surface area contributed by atoms with E-state index in [2.05, 4.69) is 20.7 Å². The molecule has 6 nitrogen and oxygen atoms in total. The first-order chi connectivity index (χ1) is 9.67. The number of aromatic nitrogens is 3. The van der Waals surface area contributed by atoms with E-state index in [1.165, 1.54) is 4.88 Å². The molecule has 0 fully saturated rings. The van der Waals surface area contributed by atoms with Crippen molar-refractivity contribution in [2.45, 2.75) is 26.3 Å². The van der Waals surface area contributed by atoms with Crippen LogP contribution in [0.3, 0.4) is 0 Å². The van der Waals surface area contributed by atoms with Crippen LogP contribution in [-0.2, 0) is 26.4 Å². The third kappa shape index (κ3) is 2.46. The predicted octanol–water partition coefficient (Wildman–Crippen LogP) is 1.34. The Morgan fingerprint density at radius 2 is 2.45 bits per heavy atom. The van der Waals surface area contributed by atoms with Crippen LogP contribution in [0.1, 0.15) is 33.5 Å². The number of thiazole rings is 1. The van der Waals surface area contributed by atoms with Gasteiger partial charge in [-0.15, -0.1) is 11.3 Å². The normalized spacial score (nSPS) is 14.1. The van der Waals surface area contributed by atoms with E-state index in [1.807, 2.05) is 14.0 Å². The molecule has 0 bridgehead atoms. The molecule has 3 rings (SSSR count). The molecule has 0 saturated heterocycles. The molecule has 0 saturated carbocycles. The van der Waals surface area contributed by atoms with Gasteiger partial charge in [-0.3, -0.25) is 14.8 Å². The van der Waals surface area contributed by atoms with Crippen LogP contribution in [0.15, 0.2) is 6.20 Å². The first kappa shape index (κ1) is 13.3. The Morgan fingerprint density at radius 3 is 3.20 bits per heavy atom. The maximum atomic E-state index is 12.3. The number of fused-ring (bicyclic) bond motifs is 1. The number of anilines is 1. The van der Waals surface area contributed by atoms with Gasteiger partial charge in [-0.25, -0.2) is 4.98 Å². The molecule has 2 N–H and O–H groups in total. The molecule has 0 aromatic carbocycles. The zero-order valence-corrected chi connectivity index (χ0v) is 12.4. The van der Waals surface area contributed by atoms with Gasteiger partial charge >= 0.3 is 0 Å². The van der Waals surface area contributed by atoms with Crippen LogP contribution in [0.5, 0.6) is 0 Å². The summed E-state index contributed by atoms with van der Waals surface area (Å²) < 4.78 is 1.67. The molecule has 0 aliphatic carbocycles. The topological polar surface area (TPSA) is 71.8 Å². The minimum Gasteiger partial charge on any atom is -0.311 e. The molecule has 3 heterocycles. The third-order valence-corrected chi connectivity index (χ3v) is 4.32. The highest BCUT2D eigenvalue weighted by Gasteiger charge is 2.19. The lowest BCUT2D eigenvalue weighted by molar-refractivity contribution is 0.102. The zero-order chi connectivity index (χ0) is 14.1. The zero-order valence-electron chi connectivity index (χ0n) is 11.6. The van der Waals surface area contributed by atoms with Crippen molar-refractivity contribution >= 4 is 22.4 Å². The number of amides is 1. The van der Waals surface area contributed by atoms with E-state index in [0.29, 0.717) is 10.7 Å². The van der Waals surface area contributed by atoms with Crippen LogP contribution >= 0.6 is 11.3 Å². The Morgan fingerprint density at radius 1 is 1.60 bits per heavy atom. The molecule has 20 heavy (non-hydrogen) atoms. The fourth-order valence-electron chi connectivity index (χ4n) is 2.33. The number of rotatable bonds is 3. The van der Waals surface area contributed by atoms with E-state index in [9.17, 15) is 4.79 Å². The highest BCUT2D eigenvalue weighted by Crippen LogP contribution is 2.25. The highest BCUT2D eigenvalue weighted by molar-refractivity contribution is 7.15. The molecule has 1 amide bonds. The van der Waals surface area contributed by atoms with Gasteiger partial charge < -0.3 is 5.32 Å². The van der Waals surface area contributed by atoms with Crippen LogP contribution in [0.2, 0.25) is 0 Å². The first-order valence-electron chi connectivity index (χ1n) is 6.70. The van der Waals surface area contributed by atoms with Crippen molar-refractivity contribution in [3.8, 4) is 0 Å². The van der Waals surface area contributed by atoms with Crippen molar-refractivity contribution < 1.29 is 4.79 Å². The summed E-state index contributed by atoms with van der Waals surface area (Å²) in [5.41, 5.74) is 2.54. The fraction of sp³-hybridized carbons (Fsp3) is 0.462. The van der Waals surface area contributed by atoms with Crippen molar-refractivity contribution in [3.63, 3.8) is 0 Å². The Balaban J connectivity index is 1.80. The molecule has 0 radical (unpaired) electrons. The van der Waals surface area contributed by atoms with Crippen LogP contribution < -0.4 is 10.6 Å². The minimum atomic E-state index is -0.131. The summed E-state index contributed by atoms with van der Waals surface area (Å²) in [6.07, 6.45) is 3.42. The van der Waals surface area contributed by atoms with Crippen LogP contribution in [0, 0.1) is 0 Å². The van der Waals surface area contributed by atoms with Crippen molar-refractivity contribution in [2.24, 2.45) is 7.05 Å². The highest BCUT2D eigenvalue weighted by atomic mass is 32.1. The summed E-state index contributed by atoms with van der Waals surface area (Å²) in [6.45, 7) is 3.79. The first-order valence-corrected chi connectivity index (χ1v) is 7.52. The minimum absolute atomic E-state index is 0.131. The second kappa shape index (κ2) is 5.34. The summed E-state index contributed by atoms with van der Waals surface area (Å²) in [4.78, 5) is 18.0. The lowest BCUT2D eigenvalue weighted by Crippen LogP contribution is -2.22. The largest absolute Gasteiger partial charge is 0.311 e. The average Bonchev–Trinajstić information content (AvgIpc) is 3.00. The van der Waals surface area contributed by atoms with Gasteiger partial charge in [0.2, 0.25) is 0 Å². The van der Waals surface area contributed by atoms with E-state index in [0.717, 1.165) is 37.3 Å². The Hall–Kier alpha value is -1.73. The Labute approximate surface area is 121 Å². The third-order valence-electron chi connectivity index (χ3n) is 3.31. The molecule has 2 aromatic rings. The smallest absolute Gasteiger partial charge is 0.260 e. The van der Waals surface area contributed by atoms with E-state index in [4.69, 9.17) is 0 Å². The van der Waals surface area contributed by atoms with Gasteiger partial charge in [0, 0.05) is 37.6 Å². The lowest BCUT2D eigenvalue weighted by atomic mass is 10.2. The summed E-state index contributed by atoms with van der Waals surface area (Å²) in [5, 5.41) is 11.2. The molecular formula is C13H17N5OS. The molecule has 0 spiro atoms. The van der Waals surface area contributed by atoms with Gasteiger partial charge in [-0.2, -0.15) is 5.10 Å². The average molecular weight is 291 g/mol. The van der Waals surface area contributed by atoms with Gasteiger partial charge in [0.1, 0.15) is 0 Å². The van der Waals surface area contributed by atoms with E-state index in [-0.39, 0.29) is 5.91 Å².